The highest BCUT2D eigenvalue weighted by Gasteiger charge is 2.15. The predicted octanol–water partition coefficient (Wildman–Crippen LogP) is 4.79. The zero-order valence-corrected chi connectivity index (χ0v) is 11.4. The van der Waals surface area contributed by atoms with Crippen LogP contribution < -0.4 is 0 Å². The van der Waals surface area contributed by atoms with Crippen LogP contribution in [-0.2, 0) is 6.42 Å². The second-order valence-electron chi connectivity index (χ2n) is 3.96. The highest BCUT2D eigenvalue weighted by atomic mass is 35.5. The summed E-state index contributed by atoms with van der Waals surface area (Å²) in [7, 11) is 0. The molecule has 0 saturated carbocycles. The number of rotatable bonds is 3. The van der Waals surface area contributed by atoms with Gasteiger partial charge in [0.15, 0.2) is 5.78 Å². The van der Waals surface area contributed by atoms with E-state index in [0.717, 1.165) is 12.0 Å². The van der Waals surface area contributed by atoms with Crippen LogP contribution in [0.15, 0.2) is 42.5 Å². The van der Waals surface area contributed by atoms with E-state index in [1.807, 2.05) is 31.2 Å². The summed E-state index contributed by atoms with van der Waals surface area (Å²) in [4.78, 5) is 12.4. The van der Waals surface area contributed by atoms with Crippen molar-refractivity contribution in [2.45, 2.75) is 13.3 Å². The summed E-state index contributed by atoms with van der Waals surface area (Å²) in [5, 5.41) is 0.915. The maximum absolute atomic E-state index is 12.4. The van der Waals surface area contributed by atoms with E-state index < -0.39 is 0 Å². The Morgan fingerprint density at radius 2 is 1.78 bits per heavy atom. The summed E-state index contributed by atoms with van der Waals surface area (Å²) in [5.74, 6) is -0.0610. The maximum Gasteiger partial charge on any atom is 0.194 e. The lowest BCUT2D eigenvalue weighted by molar-refractivity contribution is 0.103. The van der Waals surface area contributed by atoms with E-state index in [4.69, 9.17) is 23.2 Å². The van der Waals surface area contributed by atoms with Crippen molar-refractivity contribution in [2.24, 2.45) is 0 Å². The van der Waals surface area contributed by atoms with Gasteiger partial charge >= 0.3 is 0 Å². The van der Waals surface area contributed by atoms with Gasteiger partial charge in [-0.05, 0) is 30.2 Å². The van der Waals surface area contributed by atoms with Gasteiger partial charge in [-0.25, -0.2) is 0 Å². The van der Waals surface area contributed by atoms with E-state index in [1.165, 1.54) is 0 Å². The van der Waals surface area contributed by atoms with Crippen LogP contribution in [0.5, 0.6) is 0 Å². The largest absolute Gasteiger partial charge is 0.289 e. The molecule has 0 unspecified atom stereocenters. The standard InChI is InChI=1S/C15H12Cl2O/c1-2-10-5-3-4-6-12(10)15(18)13-8-7-11(16)9-14(13)17/h3-9H,2H2,1H3. The van der Waals surface area contributed by atoms with Gasteiger partial charge in [-0.3, -0.25) is 4.79 Å². The van der Waals surface area contributed by atoms with E-state index in [1.54, 1.807) is 18.2 Å². The molecule has 0 aromatic heterocycles. The van der Waals surface area contributed by atoms with Gasteiger partial charge in [0.2, 0.25) is 0 Å². The van der Waals surface area contributed by atoms with Crippen molar-refractivity contribution in [3.05, 3.63) is 69.2 Å². The van der Waals surface area contributed by atoms with E-state index in [2.05, 4.69) is 0 Å². The van der Waals surface area contributed by atoms with E-state index in [9.17, 15) is 4.79 Å². The van der Waals surface area contributed by atoms with Gasteiger partial charge in [-0.2, -0.15) is 0 Å². The molecule has 0 aliphatic rings. The van der Waals surface area contributed by atoms with Gasteiger partial charge < -0.3 is 0 Å². The summed E-state index contributed by atoms with van der Waals surface area (Å²) in [6, 6.07) is 12.5. The Morgan fingerprint density at radius 3 is 2.44 bits per heavy atom. The molecule has 0 fully saturated rings. The first kappa shape index (κ1) is 13.1. The fraction of sp³-hybridized carbons (Fsp3) is 0.133. The lowest BCUT2D eigenvalue weighted by Gasteiger charge is -2.08. The molecule has 0 heterocycles. The summed E-state index contributed by atoms with van der Waals surface area (Å²) < 4.78 is 0. The second kappa shape index (κ2) is 5.55. The minimum Gasteiger partial charge on any atom is -0.289 e. The number of aryl methyl sites for hydroxylation is 1. The van der Waals surface area contributed by atoms with Crippen LogP contribution in [0.2, 0.25) is 10.0 Å². The average molecular weight is 279 g/mol. The maximum atomic E-state index is 12.4. The Hall–Kier alpha value is -1.31. The number of carbonyl (C=O) groups is 1. The van der Waals surface area contributed by atoms with Crippen molar-refractivity contribution in [1.29, 1.82) is 0 Å². The zero-order chi connectivity index (χ0) is 13.1. The van der Waals surface area contributed by atoms with Crippen molar-refractivity contribution in [3.8, 4) is 0 Å². The Labute approximate surface area is 116 Å². The molecule has 3 heteroatoms. The Kier molecular flexibility index (Phi) is 4.05. The summed E-state index contributed by atoms with van der Waals surface area (Å²) in [6.07, 6.45) is 0.813. The number of ketones is 1. The van der Waals surface area contributed by atoms with Crippen molar-refractivity contribution < 1.29 is 4.79 Å². The van der Waals surface area contributed by atoms with Crippen LogP contribution in [0.4, 0.5) is 0 Å². The number of benzene rings is 2. The number of hydrogen-bond donors (Lipinski definition) is 0. The lowest BCUT2D eigenvalue weighted by atomic mass is 9.97. The Balaban J connectivity index is 2.48. The van der Waals surface area contributed by atoms with Crippen LogP contribution in [0.3, 0.4) is 0 Å². The third-order valence-electron chi connectivity index (χ3n) is 2.82. The summed E-state index contributed by atoms with van der Waals surface area (Å²) >= 11 is 11.9. The van der Waals surface area contributed by atoms with Gasteiger partial charge in [-0.15, -0.1) is 0 Å². The van der Waals surface area contributed by atoms with Gasteiger partial charge in [-0.1, -0.05) is 54.4 Å². The van der Waals surface area contributed by atoms with Crippen LogP contribution in [-0.4, -0.2) is 5.78 Å². The minimum absolute atomic E-state index is 0.0610. The quantitative estimate of drug-likeness (QED) is 0.738. The van der Waals surface area contributed by atoms with E-state index in [0.29, 0.717) is 21.2 Å². The SMILES string of the molecule is CCc1ccccc1C(=O)c1ccc(Cl)cc1Cl. The van der Waals surface area contributed by atoms with Crippen LogP contribution in [0.1, 0.15) is 28.4 Å². The molecule has 0 amide bonds. The smallest absolute Gasteiger partial charge is 0.194 e. The molecule has 0 bridgehead atoms. The number of hydrogen-bond acceptors (Lipinski definition) is 1. The third-order valence-corrected chi connectivity index (χ3v) is 3.37. The normalized spacial score (nSPS) is 10.4. The molecule has 0 N–H and O–H groups in total. The van der Waals surface area contributed by atoms with Gasteiger partial charge in [0.05, 0.1) is 5.02 Å². The molecular weight excluding hydrogens is 267 g/mol. The Morgan fingerprint density at radius 1 is 1.06 bits per heavy atom. The fourth-order valence-electron chi connectivity index (χ4n) is 1.87. The van der Waals surface area contributed by atoms with Crippen molar-refractivity contribution in [1.82, 2.24) is 0 Å². The topological polar surface area (TPSA) is 17.1 Å². The van der Waals surface area contributed by atoms with E-state index >= 15 is 0 Å². The first-order valence-electron chi connectivity index (χ1n) is 5.71. The second-order valence-corrected chi connectivity index (χ2v) is 4.81. The van der Waals surface area contributed by atoms with Crippen LogP contribution >= 0.6 is 23.2 Å². The van der Waals surface area contributed by atoms with Gasteiger partial charge in [0.25, 0.3) is 0 Å². The molecule has 0 aliphatic carbocycles. The highest BCUT2D eigenvalue weighted by molar-refractivity contribution is 6.37. The molecule has 0 aliphatic heterocycles. The molecule has 0 saturated heterocycles. The zero-order valence-electron chi connectivity index (χ0n) is 9.91. The van der Waals surface area contributed by atoms with Crippen LogP contribution in [0, 0.1) is 0 Å². The first-order chi connectivity index (χ1) is 8.63. The van der Waals surface area contributed by atoms with E-state index in [-0.39, 0.29) is 5.78 Å². The predicted molar refractivity (Wildman–Crippen MR) is 75.7 cm³/mol. The number of carbonyl (C=O) groups excluding carboxylic acids is 1. The molecular formula is C15H12Cl2O. The van der Waals surface area contributed by atoms with Crippen molar-refractivity contribution in [3.63, 3.8) is 0 Å². The first-order valence-corrected chi connectivity index (χ1v) is 6.46. The molecule has 92 valence electrons. The van der Waals surface area contributed by atoms with Crippen molar-refractivity contribution >= 4 is 29.0 Å². The van der Waals surface area contributed by atoms with Crippen molar-refractivity contribution in [2.75, 3.05) is 0 Å². The molecule has 0 radical (unpaired) electrons. The third kappa shape index (κ3) is 2.58. The molecule has 18 heavy (non-hydrogen) atoms. The molecule has 2 aromatic rings. The molecule has 1 nitrogen and oxygen atoms in total. The minimum atomic E-state index is -0.0610. The van der Waals surface area contributed by atoms with Crippen LogP contribution in [0.25, 0.3) is 0 Å². The van der Waals surface area contributed by atoms with Gasteiger partial charge in [0, 0.05) is 16.1 Å². The lowest BCUT2D eigenvalue weighted by Crippen LogP contribution is -2.05. The summed E-state index contributed by atoms with van der Waals surface area (Å²) in [5.41, 5.74) is 2.21. The molecule has 2 aromatic carbocycles. The number of halogens is 2. The summed E-state index contributed by atoms with van der Waals surface area (Å²) in [6.45, 7) is 2.02. The Bertz CT molecular complexity index is 591. The molecule has 0 atom stereocenters. The monoisotopic (exact) mass is 278 g/mol. The molecule has 2 rings (SSSR count). The molecule has 0 spiro atoms. The fourth-order valence-corrected chi connectivity index (χ4v) is 2.36. The average Bonchev–Trinajstić information content (AvgIpc) is 2.38. The highest BCUT2D eigenvalue weighted by Crippen LogP contribution is 2.24. The van der Waals surface area contributed by atoms with Gasteiger partial charge in [0.1, 0.15) is 0 Å².